The van der Waals surface area contributed by atoms with Crippen molar-refractivity contribution in [1.29, 1.82) is 0 Å². The summed E-state index contributed by atoms with van der Waals surface area (Å²) in [6.45, 7) is -0.401. The van der Waals surface area contributed by atoms with E-state index in [1.165, 1.54) is 11.8 Å². The van der Waals surface area contributed by atoms with Crippen molar-refractivity contribution in [2.45, 2.75) is 5.25 Å². The fraction of sp³-hybridized carbons (Fsp3) is 0.182. The van der Waals surface area contributed by atoms with Crippen LogP contribution < -0.4 is 0 Å². The van der Waals surface area contributed by atoms with E-state index < -0.39 is 17.8 Å². The Morgan fingerprint density at radius 2 is 2.28 bits per heavy atom. The topological polar surface area (TPSA) is 57.6 Å². The molecule has 1 saturated heterocycles. The van der Waals surface area contributed by atoms with Crippen LogP contribution in [-0.4, -0.2) is 32.7 Å². The first-order valence-electron chi connectivity index (χ1n) is 4.98. The Labute approximate surface area is 118 Å². The Bertz CT molecular complexity index is 535. The number of carbonyl (C=O) groups is 2. The highest BCUT2D eigenvalue weighted by molar-refractivity contribution is 8.24. The molecule has 1 heterocycles. The summed E-state index contributed by atoms with van der Waals surface area (Å²) >= 11 is 12.1. The lowest BCUT2D eigenvalue weighted by Crippen LogP contribution is -2.34. The van der Waals surface area contributed by atoms with Gasteiger partial charge in [0.05, 0.1) is 0 Å². The average Bonchev–Trinajstić information content (AvgIpc) is 2.56. The second kappa shape index (κ2) is 5.26. The number of hydrogen-bond donors (Lipinski definition) is 1. The van der Waals surface area contributed by atoms with Crippen LogP contribution in [-0.2, 0) is 9.59 Å². The molecule has 1 atom stereocenters. The molecular weight excluding hydrogens is 294 g/mol. The summed E-state index contributed by atoms with van der Waals surface area (Å²) in [7, 11) is 0. The Kier molecular flexibility index (Phi) is 3.89. The van der Waals surface area contributed by atoms with E-state index in [1.807, 2.05) is 0 Å². The third kappa shape index (κ3) is 2.66. The Balaban J connectivity index is 2.25. The minimum Gasteiger partial charge on any atom is -0.480 e. The first-order chi connectivity index (χ1) is 8.49. The zero-order valence-corrected chi connectivity index (χ0v) is 11.4. The minimum atomic E-state index is -1.09. The molecule has 7 heteroatoms. The first-order valence-corrected chi connectivity index (χ1v) is 6.65. The lowest BCUT2D eigenvalue weighted by molar-refractivity contribution is -0.141. The number of carbonyl (C=O) groups excluding carboxylic acids is 1. The highest BCUT2D eigenvalue weighted by atomic mass is 35.5. The predicted octanol–water partition coefficient (Wildman–Crippen LogP) is 2.33. The maximum Gasteiger partial charge on any atom is 0.323 e. The molecular formula is C11H8ClNO3S2. The van der Waals surface area contributed by atoms with Crippen molar-refractivity contribution >= 4 is 51.8 Å². The molecule has 0 spiro atoms. The highest BCUT2D eigenvalue weighted by Gasteiger charge is 2.38. The molecule has 1 aliphatic heterocycles. The maximum atomic E-state index is 12.1. The molecule has 1 amide bonds. The summed E-state index contributed by atoms with van der Waals surface area (Å²) in [5.41, 5.74) is 0.729. The van der Waals surface area contributed by atoms with Crippen LogP contribution in [0.5, 0.6) is 0 Å². The Morgan fingerprint density at radius 1 is 1.56 bits per heavy atom. The molecule has 1 N–H and O–H groups in total. The number of benzene rings is 1. The van der Waals surface area contributed by atoms with Crippen molar-refractivity contribution in [3.05, 3.63) is 34.9 Å². The number of aliphatic carboxylic acids is 1. The van der Waals surface area contributed by atoms with Gasteiger partial charge in [-0.1, -0.05) is 47.7 Å². The Morgan fingerprint density at radius 3 is 2.89 bits per heavy atom. The Hall–Kier alpha value is -1.11. The van der Waals surface area contributed by atoms with Gasteiger partial charge in [0, 0.05) is 5.02 Å². The van der Waals surface area contributed by atoms with E-state index in [0.717, 1.165) is 10.5 Å². The van der Waals surface area contributed by atoms with Crippen molar-refractivity contribution in [2.24, 2.45) is 0 Å². The highest BCUT2D eigenvalue weighted by Crippen LogP contribution is 2.39. The SMILES string of the molecule is O=C(O)CN1C(=O)C(c2cccc(Cl)c2)SC1=S. The van der Waals surface area contributed by atoms with E-state index in [4.69, 9.17) is 28.9 Å². The minimum absolute atomic E-state index is 0.285. The van der Waals surface area contributed by atoms with Crippen LogP contribution in [0.4, 0.5) is 0 Å². The molecule has 1 unspecified atom stereocenters. The van der Waals surface area contributed by atoms with Crippen LogP contribution in [0, 0.1) is 0 Å². The van der Waals surface area contributed by atoms with Gasteiger partial charge in [-0.2, -0.15) is 0 Å². The normalized spacial score (nSPS) is 19.4. The molecule has 0 bridgehead atoms. The summed E-state index contributed by atoms with van der Waals surface area (Å²) in [4.78, 5) is 23.8. The van der Waals surface area contributed by atoms with Crippen LogP contribution in [0.15, 0.2) is 24.3 Å². The van der Waals surface area contributed by atoms with Gasteiger partial charge in [-0.15, -0.1) is 0 Å². The first kappa shape index (κ1) is 13.3. The smallest absolute Gasteiger partial charge is 0.323 e. The number of rotatable bonds is 3. The van der Waals surface area contributed by atoms with E-state index in [9.17, 15) is 9.59 Å². The molecule has 0 saturated carbocycles. The third-order valence-electron chi connectivity index (χ3n) is 2.37. The summed E-state index contributed by atoms with van der Waals surface area (Å²) < 4.78 is 0.285. The van der Waals surface area contributed by atoms with Crippen molar-refractivity contribution in [1.82, 2.24) is 4.90 Å². The van der Waals surface area contributed by atoms with Crippen LogP contribution in [0.25, 0.3) is 0 Å². The van der Waals surface area contributed by atoms with Crippen molar-refractivity contribution in [2.75, 3.05) is 6.54 Å². The van der Waals surface area contributed by atoms with E-state index >= 15 is 0 Å². The fourth-order valence-electron chi connectivity index (χ4n) is 1.60. The van der Waals surface area contributed by atoms with E-state index in [2.05, 4.69) is 0 Å². The molecule has 0 aromatic heterocycles. The van der Waals surface area contributed by atoms with Gasteiger partial charge >= 0.3 is 5.97 Å². The van der Waals surface area contributed by atoms with Gasteiger partial charge < -0.3 is 5.11 Å². The quantitative estimate of drug-likeness (QED) is 0.868. The van der Waals surface area contributed by atoms with Crippen LogP contribution in [0.1, 0.15) is 10.8 Å². The van der Waals surface area contributed by atoms with Gasteiger partial charge in [0.15, 0.2) is 0 Å². The molecule has 1 fully saturated rings. The molecule has 4 nitrogen and oxygen atoms in total. The summed E-state index contributed by atoms with van der Waals surface area (Å²) in [5.74, 6) is -1.40. The standard InChI is InChI=1S/C11H8ClNO3S2/c12-7-3-1-2-6(4-7)9-10(16)13(5-8(14)15)11(17)18-9/h1-4,9H,5H2,(H,14,15). The summed E-state index contributed by atoms with van der Waals surface area (Å²) in [6.07, 6.45) is 0. The lowest BCUT2D eigenvalue weighted by Gasteiger charge is -2.12. The van der Waals surface area contributed by atoms with Crippen LogP contribution in [0.2, 0.25) is 5.02 Å². The monoisotopic (exact) mass is 301 g/mol. The number of hydrogen-bond acceptors (Lipinski definition) is 4. The number of nitrogens with zero attached hydrogens (tertiary/aromatic N) is 1. The number of carboxylic acid groups (broad SMARTS) is 1. The van der Waals surface area contributed by atoms with Gasteiger partial charge in [0.2, 0.25) is 5.91 Å². The maximum absolute atomic E-state index is 12.1. The second-order valence-electron chi connectivity index (χ2n) is 3.64. The van der Waals surface area contributed by atoms with Gasteiger partial charge in [-0.3, -0.25) is 14.5 Å². The summed E-state index contributed by atoms with van der Waals surface area (Å²) in [5, 5.41) is 8.75. The third-order valence-corrected chi connectivity index (χ3v) is 4.25. The predicted molar refractivity (Wildman–Crippen MR) is 73.7 cm³/mol. The number of amides is 1. The zero-order chi connectivity index (χ0) is 13.3. The van der Waals surface area contributed by atoms with Crippen LogP contribution >= 0.6 is 35.6 Å². The van der Waals surface area contributed by atoms with Crippen molar-refractivity contribution < 1.29 is 14.7 Å². The van der Waals surface area contributed by atoms with Crippen molar-refractivity contribution in [3.63, 3.8) is 0 Å². The number of thioether (sulfide) groups is 1. The van der Waals surface area contributed by atoms with E-state index in [1.54, 1.807) is 24.3 Å². The largest absolute Gasteiger partial charge is 0.480 e. The van der Waals surface area contributed by atoms with Gasteiger partial charge in [-0.05, 0) is 17.7 Å². The lowest BCUT2D eigenvalue weighted by atomic mass is 10.1. The molecule has 94 valence electrons. The average molecular weight is 302 g/mol. The number of carboxylic acids is 1. The van der Waals surface area contributed by atoms with Gasteiger partial charge in [0.1, 0.15) is 16.1 Å². The van der Waals surface area contributed by atoms with Gasteiger partial charge in [0.25, 0.3) is 0 Å². The van der Waals surface area contributed by atoms with Gasteiger partial charge in [-0.25, -0.2) is 0 Å². The van der Waals surface area contributed by atoms with Crippen LogP contribution in [0.3, 0.4) is 0 Å². The molecule has 2 rings (SSSR count). The summed E-state index contributed by atoms with van der Waals surface area (Å²) in [6, 6.07) is 6.91. The number of halogens is 1. The zero-order valence-electron chi connectivity index (χ0n) is 9.00. The van der Waals surface area contributed by atoms with E-state index in [-0.39, 0.29) is 10.2 Å². The molecule has 18 heavy (non-hydrogen) atoms. The fourth-order valence-corrected chi connectivity index (χ4v) is 3.24. The second-order valence-corrected chi connectivity index (χ2v) is 5.81. The van der Waals surface area contributed by atoms with E-state index in [0.29, 0.717) is 5.02 Å². The van der Waals surface area contributed by atoms with Crippen molar-refractivity contribution in [3.8, 4) is 0 Å². The molecule has 0 radical (unpaired) electrons. The molecule has 1 aliphatic rings. The number of thiocarbonyl (C=S) groups is 1. The molecule has 0 aliphatic carbocycles. The molecule has 1 aromatic rings. The molecule has 1 aromatic carbocycles.